The van der Waals surface area contributed by atoms with Crippen LogP contribution in [0.5, 0.6) is 5.75 Å². The van der Waals surface area contributed by atoms with Crippen LogP contribution in [0, 0.1) is 6.92 Å². The van der Waals surface area contributed by atoms with Crippen molar-refractivity contribution in [2.75, 3.05) is 6.61 Å². The Morgan fingerprint density at radius 1 is 1.29 bits per heavy atom. The summed E-state index contributed by atoms with van der Waals surface area (Å²) >= 11 is 6.09. The van der Waals surface area contributed by atoms with Crippen molar-refractivity contribution >= 4 is 22.8 Å². The standard InChI is InChI=1S/C15H17ClN4O/c1-4-21-12-8-6-5-7-11(12)20-13(9-16)17-14-10(2)18-19(3)15(14)20/h5-8H,4,9H2,1-3H3. The van der Waals surface area contributed by atoms with Crippen LogP contribution in [-0.2, 0) is 12.9 Å². The Bertz CT molecular complexity index is 790. The maximum atomic E-state index is 6.09. The maximum absolute atomic E-state index is 6.09. The fourth-order valence-electron chi connectivity index (χ4n) is 2.58. The zero-order valence-corrected chi connectivity index (χ0v) is 13.1. The van der Waals surface area contributed by atoms with Gasteiger partial charge in [0.25, 0.3) is 0 Å². The summed E-state index contributed by atoms with van der Waals surface area (Å²) in [6.45, 7) is 4.53. The molecule has 21 heavy (non-hydrogen) atoms. The molecular formula is C15H17ClN4O. The summed E-state index contributed by atoms with van der Waals surface area (Å²) < 4.78 is 9.59. The first-order chi connectivity index (χ1) is 10.2. The number of hydrogen-bond acceptors (Lipinski definition) is 3. The van der Waals surface area contributed by atoms with Gasteiger partial charge in [0.2, 0.25) is 0 Å². The zero-order valence-electron chi connectivity index (χ0n) is 12.3. The third-order valence-electron chi connectivity index (χ3n) is 3.40. The fourth-order valence-corrected chi connectivity index (χ4v) is 2.76. The van der Waals surface area contributed by atoms with Gasteiger partial charge in [0.05, 0.1) is 23.9 Å². The summed E-state index contributed by atoms with van der Waals surface area (Å²) in [5.41, 5.74) is 3.63. The number of halogens is 1. The Labute approximate surface area is 128 Å². The molecule has 0 N–H and O–H groups in total. The summed E-state index contributed by atoms with van der Waals surface area (Å²) in [5, 5.41) is 4.44. The van der Waals surface area contributed by atoms with Crippen LogP contribution in [0.25, 0.3) is 16.9 Å². The topological polar surface area (TPSA) is 44.9 Å². The molecule has 2 aromatic heterocycles. The third-order valence-corrected chi connectivity index (χ3v) is 3.64. The molecule has 0 fully saturated rings. The molecule has 0 saturated heterocycles. The molecule has 0 saturated carbocycles. The zero-order chi connectivity index (χ0) is 15.0. The third kappa shape index (κ3) is 2.17. The molecule has 3 rings (SSSR count). The molecule has 0 aliphatic rings. The van der Waals surface area contributed by atoms with Gasteiger partial charge in [-0.3, -0.25) is 4.57 Å². The lowest BCUT2D eigenvalue weighted by Crippen LogP contribution is -2.06. The van der Waals surface area contributed by atoms with Crippen molar-refractivity contribution in [3.63, 3.8) is 0 Å². The first-order valence-corrected chi connectivity index (χ1v) is 7.40. The van der Waals surface area contributed by atoms with Gasteiger partial charge in [0.15, 0.2) is 5.65 Å². The predicted octanol–water partition coefficient (Wildman–Crippen LogP) is 3.20. The monoisotopic (exact) mass is 304 g/mol. The quantitative estimate of drug-likeness (QED) is 0.695. The van der Waals surface area contributed by atoms with Crippen molar-refractivity contribution in [3.05, 3.63) is 35.8 Å². The van der Waals surface area contributed by atoms with Gasteiger partial charge in [-0.15, -0.1) is 11.6 Å². The number of fused-ring (bicyclic) bond motifs is 1. The average Bonchev–Trinajstić information content (AvgIpc) is 2.99. The Balaban J connectivity index is 2.33. The summed E-state index contributed by atoms with van der Waals surface area (Å²) in [4.78, 5) is 4.62. The smallest absolute Gasteiger partial charge is 0.163 e. The minimum absolute atomic E-state index is 0.328. The van der Waals surface area contributed by atoms with E-state index in [0.717, 1.165) is 34.1 Å². The molecule has 0 spiro atoms. The van der Waals surface area contributed by atoms with E-state index in [4.69, 9.17) is 16.3 Å². The van der Waals surface area contributed by atoms with Gasteiger partial charge in [0, 0.05) is 7.05 Å². The van der Waals surface area contributed by atoms with Gasteiger partial charge in [-0.25, -0.2) is 9.67 Å². The molecule has 0 aliphatic carbocycles. The largest absolute Gasteiger partial charge is 0.492 e. The van der Waals surface area contributed by atoms with Gasteiger partial charge in [0.1, 0.15) is 17.1 Å². The van der Waals surface area contributed by atoms with Crippen molar-refractivity contribution in [3.8, 4) is 11.4 Å². The minimum Gasteiger partial charge on any atom is -0.492 e. The van der Waals surface area contributed by atoms with Crippen molar-refractivity contribution in [2.45, 2.75) is 19.7 Å². The highest BCUT2D eigenvalue weighted by atomic mass is 35.5. The molecule has 0 amide bonds. The summed E-state index contributed by atoms with van der Waals surface area (Å²) in [5.74, 6) is 1.92. The normalized spacial score (nSPS) is 11.2. The number of aryl methyl sites for hydroxylation is 2. The van der Waals surface area contributed by atoms with Crippen LogP contribution in [0.2, 0.25) is 0 Å². The van der Waals surface area contributed by atoms with Gasteiger partial charge in [-0.2, -0.15) is 5.10 Å². The van der Waals surface area contributed by atoms with E-state index in [1.165, 1.54) is 0 Å². The van der Waals surface area contributed by atoms with Crippen LogP contribution in [0.15, 0.2) is 24.3 Å². The highest BCUT2D eigenvalue weighted by Crippen LogP contribution is 2.30. The van der Waals surface area contributed by atoms with E-state index in [9.17, 15) is 0 Å². The molecule has 0 bridgehead atoms. The van der Waals surface area contributed by atoms with Crippen LogP contribution in [0.1, 0.15) is 18.4 Å². The summed E-state index contributed by atoms with van der Waals surface area (Å²) in [6.07, 6.45) is 0. The van der Waals surface area contributed by atoms with E-state index in [1.807, 2.05) is 54.4 Å². The van der Waals surface area contributed by atoms with Gasteiger partial charge >= 0.3 is 0 Å². The molecule has 6 heteroatoms. The number of para-hydroxylation sites is 2. The number of rotatable bonds is 4. The molecule has 0 radical (unpaired) electrons. The molecule has 3 aromatic rings. The van der Waals surface area contributed by atoms with E-state index in [2.05, 4.69) is 10.1 Å². The predicted molar refractivity (Wildman–Crippen MR) is 83.3 cm³/mol. The highest BCUT2D eigenvalue weighted by Gasteiger charge is 2.20. The molecule has 0 atom stereocenters. The van der Waals surface area contributed by atoms with Gasteiger partial charge < -0.3 is 4.74 Å². The average molecular weight is 305 g/mol. The molecular weight excluding hydrogens is 288 g/mol. The number of aromatic nitrogens is 4. The number of ether oxygens (including phenoxy) is 1. The number of nitrogens with zero attached hydrogens (tertiary/aromatic N) is 4. The van der Waals surface area contributed by atoms with Crippen LogP contribution in [0.3, 0.4) is 0 Å². The van der Waals surface area contributed by atoms with E-state index in [1.54, 1.807) is 0 Å². The van der Waals surface area contributed by atoms with Crippen LogP contribution in [0.4, 0.5) is 0 Å². The highest BCUT2D eigenvalue weighted by molar-refractivity contribution is 6.17. The van der Waals surface area contributed by atoms with E-state index in [0.29, 0.717) is 12.5 Å². The number of imidazole rings is 1. The second-order valence-electron chi connectivity index (χ2n) is 4.78. The number of alkyl halides is 1. The lowest BCUT2D eigenvalue weighted by molar-refractivity contribution is 0.339. The first kappa shape index (κ1) is 13.9. The van der Waals surface area contributed by atoms with Crippen molar-refractivity contribution in [1.29, 1.82) is 0 Å². The maximum Gasteiger partial charge on any atom is 0.163 e. The molecule has 110 valence electrons. The van der Waals surface area contributed by atoms with E-state index in [-0.39, 0.29) is 0 Å². The second kappa shape index (κ2) is 5.41. The lowest BCUT2D eigenvalue weighted by Gasteiger charge is -2.13. The van der Waals surface area contributed by atoms with Crippen LogP contribution >= 0.6 is 11.6 Å². The number of benzene rings is 1. The fraction of sp³-hybridized carbons (Fsp3) is 0.333. The van der Waals surface area contributed by atoms with E-state index < -0.39 is 0 Å². The molecule has 0 aliphatic heterocycles. The van der Waals surface area contributed by atoms with Gasteiger partial charge in [-0.05, 0) is 26.0 Å². The van der Waals surface area contributed by atoms with Crippen LogP contribution in [-0.4, -0.2) is 25.9 Å². The number of hydrogen-bond donors (Lipinski definition) is 0. The second-order valence-corrected chi connectivity index (χ2v) is 5.05. The first-order valence-electron chi connectivity index (χ1n) is 6.86. The Hall–Kier alpha value is -2.01. The van der Waals surface area contributed by atoms with Crippen molar-refractivity contribution in [1.82, 2.24) is 19.3 Å². The SMILES string of the molecule is CCOc1ccccc1-n1c(CCl)nc2c(C)nn(C)c21. The molecule has 0 unspecified atom stereocenters. The van der Waals surface area contributed by atoms with Gasteiger partial charge in [-0.1, -0.05) is 12.1 Å². The Morgan fingerprint density at radius 3 is 2.76 bits per heavy atom. The minimum atomic E-state index is 0.328. The van der Waals surface area contributed by atoms with E-state index >= 15 is 0 Å². The Morgan fingerprint density at radius 2 is 2.05 bits per heavy atom. The lowest BCUT2D eigenvalue weighted by atomic mass is 10.3. The van der Waals surface area contributed by atoms with Crippen molar-refractivity contribution in [2.24, 2.45) is 7.05 Å². The van der Waals surface area contributed by atoms with Crippen molar-refractivity contribution < 1.29 is 4.74 Å². The Kier molecular flexibility index (Phi) is 3.59. The van der Waals surface area contributed by atoms with Crippen LogP contribution < -0.4 is 4.74 Å². The summed E-state index contributed by atoms with van der Waals surface area (Å²) in [6, 6.07) is 7.89. The summed E-state index contributed by atoms with van der Waals surface area (Å²) in [7, 11) is 1.91. The molecule has 1 aromatic carbocycles. The molecule has 5 nitrogen and oxygen atoms in total. The molecule has 2 heterocycles.